The zero-order valence-electron chi connectivity index (χ0n) is 14.1. The summed E-state index contributed by atoms with van der Waals surface area (Å²) in [5.74, 6) is 0.315. The maximum atomic E-state index is 12.4. The number of hydrogen-bond donors (Lipinski definition) is 2. The highest BCUT2D eigenvalue weighted by Crippen LogP contribution is 2.29. The van der Waals surface area contributed by atoms with E-state index >= 15 is 0 Å². The maximum absolute atomic E-state index is 12.4. The Bertz CT molecular complexity index is 784. The summed E-state index contributed by atoms with van der Waals surface area (Å²) in [6.45, 7) is 6.90. The molecule has 0 spiro atoms. The van der Waals surface area contributed by atoms with Crippen LogP contribution < -0.4 is 10.6 Å². The van der Waals surface area contributed by atoms with Crippen molar-refractivity contribution in [2.45, 2.75) is 44.6 Å². The van der Waals surface area contributed by atoms with Crippen molar-refractivity contribution in [3.63, 3.8) is 0 Å². The molecule has 2 amide bonds. The van der Waals surface area contributed by atoms with Crippen LogP contribution in [0.4, 0.5) is 0 Å². The van der Waals surface area contributed by atoms with Gasteiger partial charge in [-0.05, 0) is 26.8 Å². The second kappa shape index (κ2) is 6.47. The second-order valence-corrected chi connectivity index (χ2v) is 7.99. The van der Waals surface area contributed by atoms with Crippen LogP contribution in [0.2, 0.25) is 0 Å². The Morgan fingerprint density at radius 2 is 2.21 bits per heavy atom. The molecule has 1 fully saturated rings. The first-order chi connectivity index (χ1) is 11.4. The number of benzene rings is 1. The molecule has 7 heteroatoms. The van der Waals surface area contributed by atoms with Crippen LogP contribution >= 0.6 is 11.8 Å². The number of aryl methyl sites for hydroxylation is 1. The molecule has 2 heterocycles. The molecule has 1 unspecified atom stereocenters. The Hall–Kier alpha value is -2.02. The third-order valence-corrected chi connectivity index (χ3v) is 5.65. The highest BCUT2D eigenvalue weighted by Gasteiger charge is 2.37. The summed E-state index contributed by atoms with van der Waals surface area (Å²) >= 11 is 1.50. The van der Waals surface area contributed by atoms with Crippen molar-refractivity contribution in [3.05, 3.63) is 30.0 Å². The summed E-state index contributed by atoms with van der Waals surface area (Å²) in [7, 11) is 0. The highest BCUT2D eigenvalue weighted by molar-refractivity contribution is 8.01. The van der Waals surface area contributed by atoms with Gasteiger partial charge in [0.2, 0.25) is 11.8 Å². The lowest BCUT2D eigenvalue weighted by Gasteiger charge is -2.32. The van der Waals surface area contributed by atoms with Crippen LogP contribution in [-0.4, -0.2) is 38.1 Å². The second-order valence-electron chi connectivity index (χ2n) is 6.34. The molecular formula is C17H22N4O2S. The Kier molecular flexibility index (Phi) is 4.54. The van der Waals surface area contributed by atoms with Crippen molar-refractivity contribution in [3.8, 4) is 0 Å². The number of nitrogens with zero attached hydrogens (tertiary/aromatic N) is 2. The monoisotopic (exact) mass is 346 g/mol. The zero-order chi connectivity index (χ0) is 17.3. The zero-order valence-corrected chi connectivity index (χ0v) is 14.9. The quantitative estimate of drug-likeness (QED) is 0.883. The van der Waals surface area contributed by atoms with Gasteiger partial charge in [-0.1, -0.05) is 18.2 Å². The third-order valence-electron chi connectivity index (χ3n) is 4.24. The van der Waals surface area contributed by atoms with Gasteiger partial charge in [0.1, 0.15) is 6.04 Å². The van der Waals surface area contributed by atoms with Gasteiger partial charge in [0.05, 0.1) is 22.5 Å². The minimum atomic E-state index is -0.491. The normalized spacial score (nSPS) is 20.0. The predicted molar refractivity (Wildman–Crippen MR) is 95.7 cm³/mol. The third kappa shape index (κ3) is 3.13. The molecule has 2 aromatic rings. The van der Waals surface area contributed by atoms with Crippen molar-refractivity contribution in [2.75, 3.05) is 5.75 Å². The molecular weight excluding hydrogens is 324 g/mol. The number of fused-ring (bicyclic) bond motifs is 1. The van der Waals surface area contributed by atoms with Gasteiger partial charge in [-0.2, -0.15) is 5.10 Å². The molecule has 0 saturated carbocycles. The van der Waals surface area contributed by atoms with Crippen LogP contribution in [0.15, 0.2) is 24.3 Å². The molecule has 1 aliphatic rings. The minimum absolute atomic E-state index is 0.0976. The fraction of sp³-hybridized carbons (Fsp3) is 0.471. The molecule has 6 nitrogen and oxygen atoms in total. The van der Waals surface area contributed by atoms with Gasteiger partial charge in [-0.3, -0.25) is 14.3 Å². The number of hydrogen-bond acceptors (Lipinski definition) is 4. The number of nitrogens with one attached hydrogen (secondary N) is 2. The number of aromatic nitrogens is 2. The maximum Gasteiger partial charge on any atom is 0.243 e. The van der Waals surface area contributed by atoms with E-state index in [2.05, 4.69) is 15.7 Å². The number of carbonyl (C=O) groups excluding carboxylic acids is 2. The molecule has 1 aromatic heterocycles. The molecule has 0 bridgehead atoms. The molecule has 1 atom stereocenters. The molecule has 2 N–H and O–H groups in total. The first-order valence-corrected chi connectivity index (χ1v) is 9.08. The topological polar surface area (TPSA) is 76.0 Å². The molecule has 1 saturated heterocycles. The molecule has 1 aromatic carbocycles. The molecule has 24 heavy (non-hydrogen) atoms. The van der Waals surface area contributed by atoms with Gasteiger partial charge in [0.15, 0.2) is 0 Å². The van der Waals surface area contributed by atoms with Crippen molar-refractivity contribution in [1.29, 1.82) is 0 Å². The first-order valence-electron chi connectivity index (χ1n) is 8.09. The number of amides is 2. The molecule has 3 rings (SSSR count). The lowest BCUT2D eigenvalue weighted by molar-refractivity contribution is -0.129. The van der Waals surface area contributed by atoms with E-state index in [1.165, 1.54) is 11.8 Å². The van der Waals surface area contributed by atoms with E-state index < -0.39 is 10.8 Å². The van der Waals surface area contributed by atoms with Crippen LogP contribution in [-0.2, 0) is 22.7 Å². The summed E-state index contributed by atoms with van der Waals surface area (Å²) in [6.07, 6.45) is 0. The summed E-state index contributed by atoms with van der Waals surface area (Å²) in [5, 5.41) is 11.3. The average molecular weight is 346 g/mol. The van der Waals surface area contributed by atoms with Gasteiger partial charge in [-0.15, -0.1) is 11.8 Å². The van der Waals surface area contributed by atoms with Crippen LogP contribution in [0.3, 0.4) is 0 Å². The summed E-state index contributed by atoms with van der Waals surface area (Å²) in [6, 6.07) is 7.49. The lowest BCUT2D eigenvalue weighted by Crippen LogP contribution is -2.57. The Balaban J connectivity index is 1.68. The van der Waals surface area contributed by atoms with Gasteiger partial charge < -0.3 is 10.6 Å². The minimum Gasteiger partial charge on any atom is -0.349 e. The van der Waals surface area contributed by atoms with E-state index in [0.717, 1.165) is 23.1 Å². The van der Waals surface area contributed by atoms with Crippen molar-refractivity contribution in [1.82, 2.24) is 20.4 Å². The Morgan fingerprint density at radius 1 is 1.46 bits per heavy atom. The van der Waals surface area contributed by atoms with Gasteiger partial charge in [0, 0.05) is 17.7 Å². The van der Waals surface area contributed by atoms with E-state index in [9.17, 15) is 9.59 Å². The molecule has 128 valence electrons. The van der Waals surface area contributed by atoms with Crippen LogP contribution in [0.25, 0.3) is 10.9 Å². The van der Waals surface area contributed by atoms with Crippen molar-refractivity contribution in [2.24, 2.45) is 0 Å². The summed E-state index contributed by atoms with van der Waals surface area (Å²) < 4.78 is 1.45. The van der Waals surface area contributed by atoms with Crippen molar-refractivity contribution < 1.29 is 9.59 Å². The summed E-state index contributed by atoms with van der Waals surface area (Å²) in [5.41, 5.74) is 1.91. The molecule has 0 radical (unpaired) electrons. The lowest BCUT2D eigenvalue weighted by atomic mass is 10.1. The van der Waals surface area contributed by atoms with E-state index in [0.29, 0.717) is 12.3 Å². The number of thioether (sulfide) groups is 1. The molecule has 1 aliphatic heterocycles. The van der Waals surface area contributed by atoms with Crippen LogP contribution in [0, 0.1) is 0 Å². The van der Waals surface area contributed by atoms with Gasteiger partial charge >= 0.3 is 0 Å². The largest absolute Gasteiger partial charge is 0.349 e. The fourth-order valence-electron chi connectivity index (χ4n) is 2.73. The molecule has 0 aliphatic carbocycles. The van der Waals surface area contributed by atoms with E-state index in [4.69, 9.17) is 0 Å². The fourth-order valence-corrected chi connectivity index (χ4v) is 3.74. The van der Waals surface area contributed by atoms with Crippen LogP contribution in [0.5, 0.6) is 0 Å². The van der Waals surface area contributed by atoms with E-state index in [1.54, 1.807) is 0 Å². The number of para-hydroxylation sites is 1. The van der Waals surface area contributed by atoms with Gasteiger partial charge in [-0.25, -0.2) is 0 Å². The standard InChI is InChI=1S/C17H22N4O2S/c1-4-21-14-8-6-5-7-11(14)12(20-21)9-18-15(22)13-10-24-17(2,3)16(23)19-13/h5-8,13H,4,9-10H2,1-3H3,(H,18,22)(H,19,23). The van der Waals surface area contributed by atoms with E-state index in [-0.39, 0.29) is 11.8 Å². The van der Waals surface area contributed by atoms with Crippen LogP contribution in [0.1, 0.15) is 26.5 Å². The smallest absolute Gasteiger partial charge is 0.243 e. The van der Waals surface area contributed by atoms with Crippen molar-refractivity contribution >= 4 is 34.5 Å². The van der Waals surface area contributed by atoms with E-state index in [1.807, 2.05) is 49.7 Å². The SMILES string of the molecule is CCn1nc(CNC(=O)C2CSC(C)(C)C(=O)N2)c2ccccc21. The number of rotatable bonds is 4. The summed E-state index contributed by atoms with van der Waals surface area (Å²) in [4.78, 5) is 24.4. The Morgan fingerprint density at radius 3 is 2.92 bits per heavy atom. The predicted octanol–water partition coefficient (Wildman–Crippen LogP) is 1.68. The number of carbonyl (C=O) groups is 2. The highest BCUT2D eigenvalue weighted by atomic mass is 32.2. The average Bonchev–Trinajstić information content (AvgIpc) is 2.93. The van der Waals surface area contributed by atoms with Gasteiger partial charge in [0.25, 0.3) is 0 Å². The first kappa shape index (κ1) is 16.8. The Labute approximate surface area is 145 Å².